The van der Waals surface area contributed by atoms with Crippen molar-refractivity contribution in [1.82, 2.24) is 14.2 Å². The molecule has 0 bridgehead atoms. The third-order valence-corrected chi connectivity index (χ3v) is 4.66. The number of nitrogens with one attached hydrogen (secondary N) is 1. The Balaban J connectivity index is 3.11. The number of carboxylic acids is 1. The number of hydrogen-bond acceptors (Lipinski definition) is 4. The molecule has 23 heavy (non-hydrogen) atoms. The van der Waals surface area contributed by atoms with E-state index in [0.29, 0.717) is 0 Å². The second kappa shape index (κ2) is 7.14. The van der Waals surface area contributed by atoms with Crippen molar-refractivity contribution in [3.8, 4) is 0 Å². The molecule has 1 amide bonds. The molecule has 0 spiro atoms. The number of sulfonamides is 1. The Hall–Kier alpha value is -1.87. The zero-order chi connectivity index (χ0) is 17.9. The summed E-state index contributed by atoms with van der Waals surface area (Å²) >= 11 is 0. The van der Waals surface area contributed by atoms with Gasteiger partial charge in [0.25, 0.3) is 5.91 Å². The fraction of sp³-hybridized carbons (Fsp3) is 0.571. The van der Waals surface area contributed by atoms with E-state index in [4.69, 9.17) is 5.11 Å². The first-order chi connectivity index (χ1) is 10.5. The third kappa shape index (κ3) is 4.80. The number of carbonyl (C=O) groups is 2. The monoisotopic (exact) mass is 345 g/mol. The second-order valence-electron chi connectivity index (χ2n) is 6.01. The maximum Gasteiger partial charge on any atom is 0.321 e. The molecule has 0 unspecified atom stereocenters. The molecule has 0 aliphatic carbocycles. The minimum absolute atomic E-state index is 0.0143. The van der Waals surface area contributed by atoms with Gasteiger partial charge >= 0.3 is 5.97 Å². The largest absolute Gasteiger partial charge is 0.480 e. The van der Waals surface area contributed by atoms with Crippen molar-refractivity contribution in [2.75, 3.05) is 14.1 Å². The van der Waals surface area contributed by atoms with Crippen LogP contribution in [-0.4, -0.2) is 55.0 Å². The van der Waals surface area contributed by atoms with Gasteiger partial charge in [0.05, 0.1) is 0 Å². The highest BCUT2D eigenvalue weighted by atomic mass is 32.2. The van der Waals surface area contributed by atoms with Gasteiger partial charge in [0.2, 0.25) is 10.0 Å². The molecular formula is C14H23N3O5S. The smallest absolute Gasteiger partial charge is 0.321 e. The first-order valence-corrected chi connectivity index (χ1v) is 8.57. The normalized spacial score (nSPS) is 13.1. The van der Waals surface area contributed by atoms with Crippen LogP contribution in [0.25, 0.3) is 0 Å². The van der Waals surface area contributed by atoms with Gasteiger partial charge in [-0.05, 0) is 18.4 Å². The summed E-state index contributed by atoms with van der Waals surface area (Å²) in [6.07, 6.45) is 1.46. The van der Waals surface area contributed by atoms with Crippen LogP contribution in [0, 0.1) is 5.92 Å². The van der Waals surface area contributed by atoms with E-state index in [9.17, 15) is 18.0 Å². The zero-order valence-corrected chi connectivity index (χ0v) is 14.7. The minimum atomic E-state index is -4.03. The van der Waals surface area contributed by atoms with E-state index in [1.807, 2.05) is 0 Å². The lowest BCUT2D eigenvalue weighted by Crippen LogP contribution is -2.41. The maximum absolute atomic E-state index is 12.4. The summed E-state index contributed by atoms with van der Waals surface area (Å²) in [5, 5.41) is 9.16. The predicted molar refractivity (Wildman–Crippen MR) is 84.6 cm³/mol. The summed E-state index contributed by atoms with van der Waals surface area (Å²) in [6, 6.07) is 0.0204. The predicted octanol–water partition coefficient (Wildman–Crippen LogP) is 0.505. The van der Waals surface area contributed by atoms with Gasteiger partial charge in [0, 0.05) is 27.3 Å². The molecule has 9 heteroatoms. The van der Waals surface area contributed by atoms with Crippen molar-refractivity contribution in [3.63, 3.8) is 0 Å². The van der Waals surface area contributed by atoms with Gasteiger partial charge in [0.1, 0.15) is 16.6 Å². The molecule has 1 atom stereocenters. The number of aryl methyl sites for hydroxylation is 1. The summed E-state index contributed by atoms with van der Waals surface area (Å²) in [5.74, 6) is -1.56. The first kappa shape index (κ1) is 19.2. The Morgan fingerprint density at radius 2 is 1.91 bits per heavy atom. The number of carboxylic acid groups (broad SMARTS) is 1. The van der Waals surface area contributed by atoms with Gasteiger partial charge in [-0.1, -0.05) is 13.8 Å². The summed E-state index contributed by atoms with van der Waals surface area (Å²) in [7, 11) is 0.641. The first-order valence-electron chi connectivity index (χ1n) is 7.09. The Kier molecular flexibility index (Phi) is 5.95. The summed E-state index contributed by atoms with van der Waals surface area (Å²) < 4.78 is 28.3. The van der Waals surface area contributed by atoms with E-state index in [1.165, 1.54) is 21.7 Å². The van der Waals surface area contributed by atoms with Crippen LogP contribution in [0.3, 0.4) is 0 Å². The summed E-state index contributed by atoms with van der Waals surface area (Å²) in [4.78, 5) is 24.4. The van der Waals surface area contributed by atoms with Crippen LogP contribution >= 0.6 is 0 Å². The zero-order valence-electron chi connectivity index (χ0n) is 13.9. The van der Waals surface area contributed by atoms with Crippen molar-refractivity contribution < 1.29 is 23.1 Å². The summed E-state index contributed by atoms with van der Waals surface area (Å²) in [5.41, 5.74) is 0.200. The Morgan fingerprint density at radius 3 is 2.35 bits per heavy atom. The lowest BCUT2D eigenvalue weighted by Gasteiger charge is -2.16. The third-order valence-electron chi connectivity index (χ3n) is 3.22. The van der Waals surface area contributed by atoms with Crippen LogP contribution < -0.4 is 4.72 Å². The van der Waals surface area contributed by atoms with E-state index in [0.717, 1.165) is 0 Å². The topological polar surface area (TPSA) is 109 Å². The number of nitrogens with zero attached hydrogens (tertiary/aromatic N) is 2. The quantitative estimate of drug-likeness (QED) is 0.748. The van der Waals surface area contributed by atoms with Gasteiger partial charge in [0.15, 0.2) is 0 Å². The molecule has 1 aromatic heterocycles. The molecule has 0 aliphatic heterocycles. The molecule has 0 saturated carbocycles. The number of hydrogen-bond donors (Lipinski definition) is 2. The number of amides is 1. The van der Waals surface area contributed by atoms with Crippen LogP contribution in [0.15, 0.2) is 17.2 Å². The standard InChI is InChI=1S/C14H23N3O5S/c1-9(2)6-11(14(19)20)15-23(21,22)10-7-12(17(5)8-10)13(18)16(3)4/h7-9,11,15H,6H2,1-5H3,(H,19,20)/t11-/m0/s1. The lowest BCUT2D eigenvalue weighted by atomic mass is 10.1. The maximum atomic E-state index is 12.4. The molecule has 0 saturated heterocycles. The molecule has 0 fully saturated rings. The second-order valence-corrected chi connectivity index (χ2v) is 7.73. The highest BCUT2D eigenvalue weighted by molar-refractivity contribution is 7.89. The molecule has 0 aromatic carbocycles. The van der Waals surface area contributed by atoms with Crippen molar-refractivity contribution in [2.24, 2.45) is 13.0 Å². The van der Waals surface area contributed by atoms with E-state index in [-0.39, 0.29) is 28.8 Å². The van der Waals surface area contributed by atoms with Gasteiger partial charge in [-0.3, -0.25) is 9.59 Å². The average Bonchev–Trinajstić information content (AvgIpc) is 2.78. The average molecular weight is 345 g/mol. The van der Waals surface area contributed by atoms with E-state index >= 15 is 0 Å². The van der Waals surface area contributed by atoms with Crippen LogP contribution in [0.4, 0.5) is 0 Å². The Bertz CT molecular complexity index is 691. The summed E-state index contributed by atoms with van der Waals surface area (Å²) in [6.45, 7) is 3.61. The van der Waals surface area contributed by atoms with Crippen LogP contribution in [0.5, 0.6) is 0 Å². The SMILES string of the molecule is CC(C)C[C@H](NS(=O)(=O)c1cc(C(=O)N(C)C)n(C)c1)C(=O)O. The number of aromatic nitrogens is 1. The van der Waals surface area contributed by atoms with Gasteiger partial charge in [-0.2, -0.15) is 4.72 Å². The van der Waals surface area contributed by atoms with E-state index in [2.05, 4.69) is 4.72 Å². The van der Waals surface area contributed by atoms with Gasteiger partial charge in [-0.15, -0.1) is 0 Å². The molecule has 1 aromatic rings. The Morgan fingerprint density at radius 1 is 1.35 bits per heavy atom. The number of carbonyl (C=O) groups excluding carboxylic acids is 1. The van der Waals surface area contributed by atoms with E-state index < -0.39 is 22.0 Å². The highest BCUT2D eigenvalue weighted by Gasteiger charge is 2.28. The van der Waals surface area contributed by atoms with Crippen LogP contribution in [-0.2, 0) is 21.9 Å². The molecule has 0 radical (unpaired) electrons. The van der Waals surface area contributed by atoms with Crippen LogP contribution in [0.1, 0.15) is 30.8 Å². The van der Waals surface area contributed by atoms with Crippen LogP contribution in [0.2, 0.25) is 0 Å². The highest BCUT2D eigenvalue weighted by Crippen LogP contribution is 2.16. The number of rotatable bonds is 7. The molecule has 1 heterocycles. The van der Waals surface area contributed by atoms with Gasteiger partial charge < -0.3 is 14.6 Å². The minimum Gasteiger partial charge on any atom is -0.480 e. The molecular weight excluding hydrogens is 322 g/mol. The molecule has 8 nitrogen and oxygen atoms in total. The van der Waals surface area contributed by atoms with Crippen molar-refractivity contribution >= 4 is 21.9 Å². The van der Waals surface area contributed by atoms with Crippen molar-refractivity contribution in [2.45, 2.75) is 31.2 Å². The van der Waals surface area contributed by atoms with Crippen molar-refractivity contribution in [3.05, 3.63) is 18.0 Å². The lowest BCUT2D eigenvalue weighted by molar-refractivity contribution is -0.139. The molecule has 130 valence electrons. The van der Waals surface area contributed by atoms with Crippen molar-refractivity contribution in [1.29, 1.82) is 0 Å². The number of aliphatic carboxylic acids is 1. The Labute approximate surface area is 136 Å². The molecule has 0 aliphatic rings. The van der Waals surface area contributed by atoms with Gasteiger partial charge in [-0.25, -0.2) is 8.42 Å². The van der Waals surface area contributed by atoms with E-state index in [1.54, 1.807) is 35.0 Å². The fourth-order valence-corrected chi connectivity index (χ4v) is 3.32. The fourth-order valence-electron chi connectivity index (χ4n) is 2.05. The molecule has 1 rings (SSSR count). The molecule has 2 N–H and O–H groups in total.